The highest BCUT2D eigenvalue weighted by atomic mass is 35.5. The first-order chi connectivity index (χ1) is 13.9. The van der Waals surface area contributed by atoms with Crippen LogP contribution in [0.2, 0.25) is 10.3 Å². The van der Waals surface area contributed by atoms with E-state index < -0.39 is 6.17 Å². The molecule has 156 valence electrons. The Morgan fingerprint density at radius 2 is 2.07 bits per heavy atom. The van der Waals surface area contributed by atoms with Crippen LogP contribution in [0.25, 0.3) is 11.0 Å². The number of hydrogen-bond donors (Lipinski definition) is 1. The van der Waals surface area contributed by atoms with Crippen molar-refractivity contribution in [1.82, 2.24) is 24.3 Å². The van der Waals surface area contributed by atoms with Crippen molar-refractivity contribution in [1.29, 1.82) is 0 Å². The summed E-state index contributed by atoms with van der Waals surface area (Å²) in [6, 6.07) is 0.336. The Bertz CT molecular complexity index is 1010. The SMILES string of the molecule is Cc1c(N)c(OCC(F)Cn2cc(Cl)c3cnc(Cl)nc32)nn1C1CCCCC1. The van der Waals surface area contributed by atoms with E-state index in [0.717, 1.165) is 18.5 Å². The minimum Gasteiger partial charge on any atom is -0.472 e. The molecule has 0 radical (unpaired) electrons. The lowest BCUT2D eigenvalue weighted by atomic mass is 9.95. The second kappa shape index (κ2) is 8.36. The van der Waals surface area contributed by atoms with Crippen molar-refractivity contribution in [2.75, 3.05) is 12.3 Å². The molecule has 0 bridgehead atoms. The maximum Gasteiger partial charge on any atom is 0.256 e. The lowest BCUT2D eigenvalue weighted by molar-refractivity contribution is 0.173. The minimum absolute atomic E-state index is 0.0127. The van der Waals surface area contributed by atoms with Crippen molar-refractivity contribution in [3.8, 4) is 5.88 Å². The first kappa shape index (κ1) is 20.2. The van der Waals surface area contributed by atoms with Gasteiger partial charge in [-0.2, -0.15) is 4.98 Å². The Labute approximate surface area is 178 Å². The Kier molecular flexibility index (Phi) is 5.83. The third kappa shape index (κ3) is 4.14. The van der Waals surface area contributed by atoms with Crippen LogP contribution in [0, 0.1) is 6.92 Å². The van der Waals surface area contributed by atoms with Crippen LogP contribution in [0.5, 0.6) is 5.88 Å². The molecule has 4 rings (SSSR count). The fourth-order valence-corrected chi connectivity index (χ4v) is 4.25. The van der Waals surface area contributed by atoms with Crippen LogP contribution in [-0.2, 0) is 6.54 Å². The molecule has 0 aliphatic heterocycles. The third-order valence-corrected chi connectivity index (χ3v) is 5.90. The van der Waals surface area contributed by atoms with Gasteiger partial charge in [-0.25, -0.2) is 9.37 Å². The highest BCUT2D eigenvalue weighted by Gasteiger charge is 2.23. The summed E-state index contributed by atoms with van der Waals surface area (Å²) in [4.78, 5) is 8.05. The Morgan fingerprint density at radius 1 is 1.31 bits per heavy atom. The van der Waals surface area contributed by atoms with E-state index in [4.69, 9.17) is 33.7 Å². The first-order valence-corrected chi connectivity index (χ1v) is 10.5. The summed E-state index contributed by atoms with van der Waals surface area (Å²) < 4.78 is 23.8. The molecule has 0 spiro atoms. The highest BCUT2D eigenvalue weighted by molar-refractivity contribution is 6.35. The van der Waals surface area contributed by atoms with Gasteiger partial charge in [-0.3, -0.25) is 4.68 Å². The average Bonchev–Trinajstić information content (AvgIpc) is 3.17. The van der Waals surface area contributed by atoms with Gasteiger partial charge in [0.1, 0.15) is 17.9 Å². The van der Waals surface area contributed by atoms with E-state index in [9.17, 15) is 4.39 Å². The summed E-state index contributed by atoms with van der Waals surface area (Å²) in [6.07, 6.45) is 7.62. The molecule has 10 heteroatoms. The predicted molar refractivity (Wildman–Crippen MR) is 111 cm³/mol. The fourth-order valence-electron chi connectivity index (χ4n) is 3.87. The number of ether oxygens (including phenoxy) is 1. The summed E-state index contributed by atoms with van der Waals surface area (Å²) in [5.41, 5.74) is 7.98. The van der Waals surface area contributed by atoms with Crippen LogP contribution in [0.1, 0.15) is 43.8 Å². The molecule has 1 atom stereocenters. The van der Waals surface area contributed by atoms with Crippen molar-refractivity contribution >= 4 is 39.9 Å². The number of nitrogens with zero attached hydrogens (tertiary/aromatic N) is 5. The monoisotopic (exact) mass is 440 g/mol. The van der Waals surface area contributed by atoms with E-state index in [1.165, 1.54) is 25.5 Å². The molecule has 0 aromatic carbocycles. The summed E-state index contributed by atoms with van der Waals surface area (Å²) in [7, 11) is 0. The smallest absolute Gasteiger partial charge is 0.256 e. The number of aromatic nitrogens is 5. The van der Waals surface area contributed by atoms with Gasteiger partial charge in [0.15, 0.2) is 6.17 Å². The van der Waals surface area contributed by atoms with E-state index in [0.29, 0.717) is 27.8 Å². The largest absolute Gasteiger partial charge is 0.472 e. The summed E-state index contributed by atoms with van der Waals surface area (Å²) in [5, 5.41) is 5.66. The van der Waals surface area contributed by atoms with Gasteiger partial charge in [-0.05, 0) is 31.4 Å². The summed E-state index contributed by atoms with van der Waals surface area (Å²) in [6.45, 7) is 1.76. The van der Waals surface area contributed by atoms with Crippen LogP contribution in [0.15, 0.2) is 12.4 Å². The summed E-state index contributed by atoms with van der Waals surface area (Å²) >= 11 is 12.0. The standard InChI is InChI=1S/C19H23Cl2FN6O/c1-11-16(23)18(26-28(11)13-5-3-2-4-6-13)29-10-12(22)8-27-9-15(20)14-7-24-19(21)25-17(14)27/h7,9,12-13H,2-6,8,10,23H2,1H3. The molecular formula is C19H23Cl2FN6O. The van der Waals surface area contributed by atoms with Gasteiger partial charge in [0.2, 0.25) is 5.28 Å². The summed E-state index contributed by atoms with van der Waals surface area (Å²) in [5.74, 6) is 0.288. The molecule has 1 unspecified atom stereocenters. The van der Waals surface area contributed by atoms with Crippen molar-refractivity contribution in [3.63, 3.8) is 0 Å². The van der Waals surface area contributed by atoms with Crippen LogP contribution in [0.4, 0.5) is 10.1 Å². The lowest BCUT2D eigenvalue weighted by Gasteiger charge is -2.23. The number of anilines is 1. The number of halogens is 3. The Morgan fingerprint density at radius 3 is 2.83 bits per heavy atom. The Balaban J connectivity index is 1.44. The first-order valence-electron chi connectivity index (χ1n) is 9.72. The topological polar surface area (TPSA) is 83.8 Å². The maximum absolute atomic E-state index is 14.7. The molecule has 3 aromatic heterocycles. The highest BCUT2D eigenvalue weighted by Crippen LogP contribution is 2.33. The minimum atomic E-state index is -1.31. The number of rotatable bonds is 6. The van der Waals surface area contributed by atoms with E-state index in [-0.39, 0.29) is 24.3 Å². The van der Waals surface area contributed by atoms with Crippen molar-refractivity contribution in [2.45, 2.75) is 57.8 Å². The molecule has 7 nitrogen and oxygen atoms in total. The van der Waals surface area contributed by atoms with Gasteiger partial charge in [0, 0.05) is 12.4 Å². The van der Waals surface area contributed by atoms with Crippen LogP contribution in [0.3, 0.4) is 0 Å². The molecular weight excluding hydrogens is 418 g/mol. The average molecular weight is 441 g/mol. The molecule has 2 N–H and O–H groups in total. The zero-order valence-electron chi connectivity index (χ0n) is 16.1. The van der Waals surface area contributed by atoms with E-state index in [2.05, 4.69) is 15.1 Å². The number of fused-ring (bicyclic) bond motifs is 1. The van der Waals surface area contributed by atoms with E-state index in [1.54, 1.807) is 10.8 Å². The van der Waals surface area contributed by atoms with Gasteiger partial charge >= 0.3 is 0 Å². The molecule has 3 aromatic rings. The zero-order valence-corrected chi connectivity index (χ0v) is 17.6. The number of nitrogens with two attached hydrogens (primary N) is 1. The number of hydrogen-bond acceptors (Lipinski definition) is 5. The predicted octanol–water partition coefficient (Wildman–Crippen LogP) is 4.75. The second-order valence-electron chi connectivity index (χ2n) is 7.45. The van der Waals surface area contributed by atoms with Crippen LogP contribution < -0.4 is 10.5 Å². The lowest BCUT2D eigenvalue weighted by Crippen LogP contribution is -2.20. The third-order valence-electron chi connectivity index (χ3n) is 5.42. The van der Waals surface area contributed by atoms with Gasteiger partial charge in [0.05, 0.1) is 28.7 Å². The van der Waals surface area contributed by atoms with E-state index in [1.807, 2.05) is 11.6 Å². The molecule has 1 aliphatic carbocycles. The normalized spacial score (nSPS) is 16.4. The van der Waals surface area contributed by atoms with Gasteiger partial charge in [-0.1, -0.05) is 30.9 Å². The maximum atomic E-state index is 14.7. The molecule has 29 heavy (non-hydrogen) atoms. The van der Waals surface area contributed by atoms with Gasteiger partial charge in [0.25, 0.3) is 5.88 Å². The number of alkyl halides is 1. The Hall–Kier alpha value is -2.06. The van der Waals surface area contributed by atoms with Gasteiger partial charge < -0.3 is 15.0 Å². The number of nitrogen functional groups attached to an aromatic ring is 1. The quantitative estimate of drug-likeness (QED) is 0.559. The molecule has 1 aliphatic rings. The molecule has 1 saturated carbocycles. The van der Waals surface area contributed by atoms with Crippen molar-refractivity contribution in [3.05, 3.63) is 28.4 Å². The molecule has 1 fully saturated rings. The molecule has 3 heterocycles. The van der Waals surface area contributed by atoms with Crippen LogP contribution in [-0.4, -0.2) is 37.1 Å². The van der Waals surface area contributed by atoms with Crippen molar-refractivity contribution in [2.24, 2.45) is 0 Å². The second-order valence-corrected chi connectivity index (χ2v) is 8.20. The van der Waals surface area contributed by atoms with Gasteiger partial charge in [-0.15, -0.1) is 5.10 Å². The fraction of sp³-hybridized carbons (Fsp3) is 0.526. The zero-order chi connectivity index (χ0) is 20.5. The van der Waals surface area contributed by atoms with Crippen LogP contribution >= 0.6 is 23.2 Å². The molecule has 0 amide bonds. The van der Waals surface area contributed by atoms with E-state index >= 15 is 0 Å². The van der Waals surface area contributed by atoms with Crippen molar-refractivity contribution < 1.29 is 9.13 Å². The molecule has 0 saturated heterocycles.